The van der Waals surface area contributed by atoms with Crippen molar-refractivity contribution in [2.45, 2.75) is 19.4 Å². The van der Waals surface area contributed by atoms with Gasteiger partial charge in [-0.15, -0.1) is 0 Å². The zero-order valence-corrected chi connectivity index (χ0v) is 11.4. The van der Waals surface area contributed by atoms with Crippen LogP contribution in [0.1, 0.15) is 18.4 Å². The normalized spacial score (nSPS) is 11.6. The Morgan fingerprint density at radius 1 is 1.37 bits per heavy atom. The minimum Gasteiger partial charge on any atom is -0.408 e. The molecular weight excluding hydrogens is 244 g/mol. The first-order chi connectivity index (χ1) is 9.11. The van der Waals surface area contributed by atoms with Crippen LogP contribution in [0, 0.1) is 0 Å². The molecule has 0 saturated heterocycles. The van der Waals surface area contributed by atoms with Gasteiger partial charge < -0.3 is 14.4 Å². The number of benzene rings is 1. The third-order valence-electron chi connectivity index (χ3n) is 3.26. The Morgan fingerprint density at radius 3 is 2.89 bits per heavy atom. The van der Waals surface area contributed by atoms with E-state index in [-0.39, 0.29) is 12.4 Å². The molecule has 104 valence electrons. The van der Waals surface area contributed by atoms with Crippen LogP contribution in [0.15, 0.2) is 27.4 Å². The first-order valence-corrected chi connectivity index (χ1v) is 6.49. The van der Waals surface area contributed by atoms with E-state index in [1.54, 1.807) is 7.05 Å². The molecule has 5 nitrogen and oxygen atoms in total. The highest BCUT2D eigenvalue weighted by Gasteiger charge is 2.07. The van der Waals surface area contributed by atoms with Gasteiger partial charge in [-0.05, 0) is 44.1 Å². The molecule has 0 radical (unpaired) electrons. The van der Waals surface area contributed by atoms with Gasteiger partial charge in [0, 0.05) is 20.2 Å². The van der Waals surface area contributed by atoms with Crippen molar-refractivity contribution in [1.82, 2.24) is 9.47 Å². The van der Waals surface area contributed by atoms with Crippen molar-refractivity contribution in [1.29, 1.82) is 0 Å². The second-order valence-electron chi connectivity index (χ2n) is 4.90. The Morgan fingerprint density at radius 2 is 2.16 bits per heavy atom. The van der Waals surface area contributed by atoms with E-state index >= 15 is 0 Å². The molecule has 0 amide bonds. The summed E-state index contributed by atoms with van der Waals surface area (Å²) in [6, 6.07) is 5.81. The average molecular weight is 264 g/mol. The van der Waals surface area contributed by atoms with Crippen LogP contribution in [0.25, 0.3) is 11.1 Å². The monoisotopic (exact) mass is 264 g/mol. The molecule has 1 aromatic heterocycles. The molecule has 0 spiro atoms. The van der Waals surface area contributed by atoms with Gasteiger partial charge in [-0.1, -0.05) is 6.07 Å². The molecular formula is C14H20N2O3. The van der Waals surface area contributed by atoms with Crippen molar-refractivity contribution < 1.29 is 9.52 Å². The lowest BCUT2D eigenvalue weighted by atomic mass is 10.2. The maximum absolute atomic E-state index is 11.4. The Bertz CT molecular complexity index is 600. The van der Waals surface area contributed by atoms with Gasteiger partial charge in [-0.3, -0.25) is 4.57 Å². The molecule has 0 bridgehead atoms. The van der Waals surface area contributed by atoms with Crippen molar-refractivity contribution in [3.05, 3.63) is 34.3 Å². The second-order valence-corrected chi connectivity index (χ2v) is 4.90. The number of rotatable bonds is 6. The van der Waals surface area contributed by atoms with Crippen LogP contribution in [0.3, 0.4) is 0 Å². The number of hydrogen-bond acceptors (Lipinski definition) is 4. The maximum atomic E-state index is 11.4. The standard InChI is InChI=1S/C14H20N2O3/c1-15(7-3-4-8-17)10-11-5-6-13-12(9-11)16(2)14(18)19-13/h5-6,9,17H,3-4,7-8,10H2,1-2H3. The predicted molar refractivity (Wildman–Crippen MR) is 74.1 cm³/mol. The van der Waals surface area contributed by atoms with Gasteiger partial charge in [-0.2, -0.15) is 0 Å². The highest BCUT2D eigenvalue weighted by atomic mass is 16.4. The summed E-state index contributed by atoms with van der Waals surface area (Å²) in [5, 5.41) is 8.76. The maximum Gasteiger partial charge on any atom is 0.419 e. The highest BCUT2D eigenvalue weighted by Crippen LogP contribution is 2.15. The molecule has 5 heteroatoms. The van der Waals surface area contributed by atoms with Gasteiger partial charge >= 0.3 is 5.76 Å². The summed E-state index contributed by atoms with van der Waals surface area (Å²) < 4.78 is 6.62. The first kappa shape index (κ1) is 13.8. The zero-order chi connectivity index (χ0) is 13.8. The minimum absolute atomic E-state index is 0.247. The molecule has 0 aliphatic carbocycles. The van der Waals surface area contributed by atoms with E-state index in [2.05, 4.69) is 11.9 Å². The smallest absolute Gasteiger partial charge is 0.408 e. The third-order valence-corrected chi connectivity index (χ3v) is 3.26. The van der Waals surface area contributed by atoms with Crippen molar-refractivity contribution >= 4 is 11.1 Å². The molecule has 0 aliphatic heterocycles. The molecule has 1 N–H and O–H groups in total. The summed E-state index contributed by atoms with van der Waals surface area (Å²) in [6.45, 7) is 2.01. The van der Waals surface area contributed by atoms with Gasteiger partial charge in [0.25, 0.3) is 0 Å². The van der Waals surface area contributed by atoms with Crippen molar-refractivity contribution in [2.75, 3.05) is 20.2 Å². The molecule has 1 aromatic carbocycles. The topological polar surface area (TPSA) is 58.6 Å². The van der Waals surface area contributed by atoms with Crippen LogP contribution < -0.4 is 5.76 Å². The summed E-state index contributed by atoms with van der Waals surface area (Å²) in [6.07, 6.45) is 1.82. The average Bonchev–Trinajstić information content (AvgIpc) is 2.66. The number of oxazole rings is 1. The summed E-state index contributed by atoms with van der Waals surface area (Å²) in [4.78, 5) is 13.6. The quantitative estimate of drug-likeness (QED) is 0.800. The third kappa shape index (κ3) is 3.24. The SMILES string of the molecule is CN(CCCCO)Cc1ccc2oc(=O)n(C)c2c1. The van der Waals surface area contributed by atoms with Crippen molar-refractivity contribution in [3.8, 4) is 0 Å². The Hall–Kier alpha value is -1.59. The van der Waals surface area contributed by atoms with Crippen molar-refractivity contribution in [2.24, 2.45) is 7.05 Å². The lowest BCUT2D eigenvalue weighted by molar-refractivity contribution is 0.261. The lowest BCUT2D eigenvalue weighted by Crippen LogP contribution is -2.19. The van der Waals surface area contributed by atoms with Crippen LogP contribution >= 0.6 is 0 Å². The summed E-state index contributed by atoms with van der Waals surface area (Å²) in [5.41, 5.74) is 2.60. The Labute approximate surface area is 112 Å². The van der Waals surface area contributed by atoms with Gasteiger partial charge in [0.05, 0.1) is 5.52 Å². The minimum atomic E-state index is -0.330. The summed E-state index contributed by atoms with van der Waals surface area (Å²) in [5.74, 6) is -0.330. The van der Waals surface area contributed by atoms with Crippen LogP contribution in [0.5, 0.6) is 0 Å². The van der Waals surface area contributed by atoms with Gasteiger partial charge in [-0.25, -0.2) is 4.79 Å². The fourth-order valence-electron chi connectivity index (χ4n) is 2.15. The van der Waals surface area contributed by atoms with E-state index in [1.807, 2.05) is 18.2 Å². The molecule has 0 atom stereocenters. The predicted octanol–water partition coefficient (Wildman–Crippen LogP) is 1.34. The van der Waals surface area contributed by atoms with Gasteiger partial charge in [0.15, 0.2) is 5.58 Å². The van der Waals surface area contributed by atoms with Crippen molar-refractivity contribution in [3.63, 3.8) is 0 Å². The molecule has 0 aliphatic rings. The fraction of sp³-hybridized carbons (Fsp3) is 0.500. The first-order valence-electron chi connectivity index (χ1n) is 6.49. The number of aliphatic hydroxyl groups is 1. The largest absolute Gasteiger partial charge is 0.419 e. The Kier molecular flexibility index (Phi) is 4.39. The molecule has 0 fully saturated rings. The molecule has 1 heterocycles. The van der Waals surface area contributed by atoms with E-state index < -0.39 is 0 Å². The summed E-state index contributed by atoms with van der Waals surface area (Å²) in [7, 11) is 3.76. The molecule has 19 heavy (non-hydrogen) atoms. The van der Waals surface area contributed by atoms with Crippen LogP contribution in [0.4, 0.5) is 0 Å². The van der Waals surface area contributed by atoms with Crippen LogP contribution in [-0.4, -0.2) is 34.8 Å². The van der Waals surface area contributed by atoms with E-state index in [0.29, 0.717) is 5.58 Å². The van der Waals surface area contributed by atoms with Gasteiger partial charge in [0.1, 0.15) is 0 Å². The number of hydrogen-bond donors (Lipinski definition) is 1. The number of aliphatic hydroxyl groups excluding tert-OH is 1. The summed E-state index contributed by atoms with van der Waals surface area (Å²) >= 11 is 0. The lowest BCUT2D eigenvalue weighted by Gasteiger charge is -2.16. The number of aryl methyl sites for hydroxylation is 1. The number of unbranched alkanes of at least 4 members (excludes halogenated alkanes) is 1. The molecule has 0 unspecified atom stereocenters. The molecule has 2 rings (SSSR count). The van der Waals surface area contributed by atoms with Gasteiger partial charge in [0.2, 0.25) is 0 Å². The number of fused-ring (bicyclic) bond motifs is 1. The Balaban J connectivity index is 2.08. The number of aromatic nitrogens is 1. The fourth-order valence-corrected chi connectivity index (χ4v) is 2.15. The number of nitrogens with zero attached hydrogens (tertiary/aromatic N) is 2. The van der Waals surface area contributed by atoms with Crippen LogP contribution in [-0.2, 0) is 13.6 Å². The molecule has 0 saturated carbocycles. The van der Waals surface area contributed by atoms with E-state index in [1.165, 1.54) is 4.57 Å². The van der Waals surface area contributed by atoms with E-state index in [4.69, 9.17) is 9.52 Å². The van der Waals surface area contributed by atoms with E-state index in [0.717, 1.165) is 37.0 Å². The van der Waals surface area contributed by atoms with E-state index in [9.17, 15) is 4.79 Å². The zero-order valence-electron chi connectivity index (χ0n) is 11.4. The van der Waals surface area contributed by atoms with Crippen LogP contribution in [0.2, 0.25) is 0 Å². The molecule has 2 aromatic rings. The second kappa shape index (κ2) is 6.04. The highest BCUT2D eigenvalue weighted by molar-refractivity contribution is 5.73.